The van der Waals surface area contributed by atoms with E-state index in [9.17, 15) is 9.59 Å². The number of ether oxygens (including phenoxy) is 3. The lowest BCUT2D eigenvalue weighted by molar-refractivity contribution is -0.131. The van der Waals surface area contributed by atoms with Crippen molar-refractivity contribution < 1.29 is 23.8 Å². The largest absolute Gasteiger partial charge is 0.493 e. The maximum Gasteiger partial charge on any atom is 0.247 e. The van der Waals surface area contributed by atoms with E-state index in [0.29, 0.717) is 28.9 Å². The summed E-state index contributed by atoms with van der Waals surface area (Å²) in [5.74, 6) is 1.65. The van der Waals surface area contributed by atoms with Crippen molar-refractivity contribution in [3.05, 3.63) is 12.1 Å². The number of hydrogen-bond donors (Lipinski definition) is 2. The van der Waals surface area contributed by atoms with Gasteiger partial charge in [-0.1, -0.05) is 20.8 Å². The highest BCUT2D eigenvalue weighted by atomic mass is 16.5. The van der Waals surface area contributed by atoms with E-state index in [0.717, 1.165) is 25.7 Å². The molecule has 162 valence electrons. The summed E-state index contributed by atoms with van der Waals surface area (Å²) in [5, 5.41) is 5.83. The minimum Gasteiger partial charge on any atom is -0.493 e. The third-order valence-electron chi connectivity index (χ3n) is 5.57. The number of rotatable bonds is 8. The van der Waals surface area contributed by atoms with Gasteiger partial charge in [0.1, 0.15) is 6.04 Å². The first kappa shape index (κ1) is 22.8. The maximum absolute atomic E-state index is 12.9. The van der Waals surface area contributed by atoms with Crippen molar-refractivity contribution in [1.82, 2.24) is 5.32 Å². The highest BCUT2D eigenvalue weighted by Crippen LogP contribution is 2.40. The van der Waals surface area contributed by atoms with Gasteiger partial charge in [-0.3, -0.25) is 9.59 Å². The van der Waals surface area contributed by atoms with Gasteiger partial charge in [0.2, 0.25) is 17.6 Å². The molecule has 1 aliphatic carbocycles. The van der Waals surface area contributed by atoms with Gasteiger partial charge in [0.15, 0.2) is 11.5 Å². The summed E-state index contributed by atoms with van der Waals surface area (Å²) in [6.45, 7) is 6.06. The molecule has 1 saturated carbocycles. The lowest BCUT2D eigenvalue weighted by atomic mass is 9.82. The fourth-order valence-corrected chi connectivity index (χ4v) is 3.70. The van der Waals surface area contributed by atoms with Crippen LogP contribution in [0.3, 0.4) is 0 Å². The van der Waals surface area contributed by atoms with Gasteiger partial charge in [-0.2, -0.15) is 0 Å². The molecule has 1 aromatic rings. The van der Waals surface area contributed by atoms with E-state index in [1.807, 2.05) is 13.8 Å². The second kappa shape index (κ2) is 10.4. The summed E-state index contributed by atoms with van der Waals surface area (Å²) < 4.78 is 16.0. The van der Waals surface area contributed by atoms with Crippen molar-refractivity contribution in [3.8, 4) is 17.2 Å². The van der Waals surface area contributed by atoms with Crippen LogP contribution in [-0.2, 0) is 9.59 Å². The number of anilines is 1. The molecule has 1 atom stereocenters. The third kappa shape index (κ3) is 5.78. The summed E-state index contributed by atoms with van der Waals surface area (Å²) >= 11 is 0. The van der Waals surface area contributed by atoms with Crippen LogP contribution in [0.1, 0.15) is 46.5 Å². The minimum absolute atomic E-state index is 0.0126. The molecular weight excluding hydrogens is 372 g/mol. The molecule has 1 aromatic carbocycles. The number of hydrogen-bond acceptors (Lipinski definition) is 5. The van der Waals surface area contributed by atoms with Crippen molar-refractivity contribution in [1.29, 1.82) is 0 Å². The average Bonchev–Trinajstić information content (AvgIpc) is 2.71. The molecule has 0 heterocycles. The lowest BCUT2D eigenvalue weighted by Crippen LogP contribution is -2.49. The van der Waals surface area contributed by atoms with Crippen molar-refractivity contribution in [2.45, 2.75) is 52.5 Å². The van der Waals surface area contributed by atoms with E-state index < -0.39 is 6.04 Å². The summed E-state index contributed by atoms with van der Waals surface area (Å²) in [6.07, 6.45) is 3.88. The van der Waals surface area contributed by atoms with Crippen LogP contribution in [0.2, 0.25) is 0 Å². The van der Waals surface area contributed by atoms with Gasteiger partial charge in [0.25, 0.3) is 0 Å². The van der Waals surface area contributed by atoms with E-state index in [1.165, 1.54) is 21.3 Å². The normalized spacial score (nSPS) is 20.0. The van der Waals surface area contributed by atoms with E-state index in [1.54, 1.807) is 12.1 Å². The maximum atomic E-state index is 12.9. The molecule has 2 rings (SSSR count). The Balaban J connectivity index is 2.12. The smallest absolute Gasteiger partial charge is 0.247 e. The molecule has 1 fully saturated rings. The van der Waals surface area contributed by atoms with Crippen LogP contribution in [0.5, 0.6) is 17.2 Å². The van der Waals surface area contributed by atoms with Crippen LogP contribution in [0.25, 0.3) is 0 Å². The van der Waals surface area contributed by atoms with Gasteiger partial charge in [0, 0.05) is 23.7 Å². The molecule has 1 unspecified atom stereocenters. The molecule has 0 bridgehead atoms. The number of amides is 2. The van der Waals surface area contributed by atoms with Crippen molar-refractivity contribution in [2.24, 2.45) is 17.8 Å². The van der Waals surface area contributed by atoms with E-state index in [4.69, 9.17) is 14.2 Å². The highest BCUT2D eigenvalue weighted by Gasteiger charge is 2.30. The molecule has 0 spiro atoms. The third-order valence-corrected chi connectivity index (χ3v) is 5.57. The monoisotopic (exact) mass is 406 g/mol. The quantitative estimate of drug-likeness (QED) is 0.689. The highest BCUT2D eigenvalue weighted by molar-refractivity contribution is 5.98. The molecule has 0 radical (unpaired) electrons. The number of benzene rings is 1. The SMILES string of the molecule is COc1cc(NC(=O)C(NC(=O)C2CCC(C)CC2)C(C)C)cc(OC)c1OC. The van der Waals surface area contributed by atoms with Crippen LogP contribution in [0.15, 0.2) is 12.1 Å². The molecule has 2 amide bonds. The van der Waals surface area contributed by atoms with Gasteiger partial charge in [-0.25, -0.2) is 0 Å². The summed E-state index contributed by atoms with van der Waals surface area (Å²) in [4.78, 5) is 25.7. The van der Waals surface area contributed by atoms with Crippen molar-refractivity contribution in [2.75, 3.05) is 26.6 Å². The zero-order chi connectivity index (χ0) is 21.6. The van der Waals surface area contributed by atoms with Gasteiger partial charge < -0.3 is 24.8 Å². The molecule has 7 heteroatoms. The van der Waals surface area contributed by atoms with E-state index >= 15 is 0 Å². The summed E-state index contributed by atoms with van der Waals surface area (Å²) in [6, 6.07) is 2.71. The Morgan fingerprint density at radius 2 is 1.52 bits per heavy atom. The molecule has 2 N–H and O–H groups in total. The van der Waals surface area contributed by atoms with Gasteiger partial charge in [-0.05, 0) is 37.5 Å². The second-order valence-corrected chi connectivity index (χ2v) is 8.09. The van der Waals surface area contributed by atoms with Gasteiger partial charge in [-0.15, -0.1) is 0 Å². The first-order valence-corrected chi connectivity index (χ1v) is 10.2. The predicted octanol–water partition coefficient (Wildman–Crippen LogP) is 3.62. The van der Waals surface area contributed by atoms with Crippen molar-refractivity contribution in [3.63, 3.8) is 0 Å². The van der Waals surface area contributed by atoms with Crippen LogP contribution < -0.4 is 24.8 Å². The minimum atomic E-state index is -0.624. The fourth-order valence-electron chi connectivity index (χ4n) is 3.70. The van der Waals surface area contributed by atoms with Crippen molar-refractivity contribution >= 4 is 17.5 Å². The van der Waals surface area contributed by atoms with Crippen LogP contribution >= 0.6 is 0 Å². The first-order chi connectivity index (χ1) is 13.8. The Labute approximate surface area is 173 Å². The van der Waals surface area contributed by atoms with Crippen LogP contribution in [0.4, 0.5) is 5.69 Å². The number of carbonyl (C=O) groups excluding carboxylic acids is 2. The first-order valence-electron chi connectivity index (χ1n) is 10.2. The second-order valence-electron chi connectivity index (χ2n) is 8.09. The fraction of sp³-hybridized carbons (Fsp3) is 0.636. The molecule has 29 heavy (non-hydrogen) atoms. The Kier molecular flexibility index (Phi) is 8.17. The predicted molar refractivity (Wildman–Crippen MR) is 113 cm³/mol. The molecule has 0 aromatic heterocycles. The van der Waals surface area contributed by atoms with Gasteiger partial charge >= 0.3 is 0 Å². The number of nitrogens with one attached hydrogen (secondary N) is 2. The molecule has 7 nitrogen and oxygen atoms in total. The zero-order valence-electron chi connectivity index (χ0n) is 18.3. The Hall–Kier alpha value is -2.44. The molecular formula is C22H34N2O5. The van der Waals surface area contributed by atoms with Crippen LogP contribution in [0, 0.1) is 17.8 Å². The Bertz CT molecular complexity index is 686. The topological polar surface area (TPSA) is 85.9 Å². The van der Waals surface area contributed by atoms with Crippen LogP contribution in [-0.4, -0.2) is 39.2 Å². The average molecular weight is 407 g/mol. The summed E-state index contributed by atoms with van der Waals surface area (Å²) in [7, 11) is 4.56. The van der Waals surface area contributed by atoms with E-state index in [-0.39, 0.29) is 23.7 Å². The zero-order valence-corrected chi connectivity index (χ0v) is 18.3. The molecule has 1 aliphatic rings. The molecule has 0 aliphatic heterocycles. The molecule has 0 saturated heterocycles. The Morgan fingerprint density at radius 3 is 1.97 bits per heavy atom. The lowest BCUT2D eigenvalue weighted by Gasteiger charge is -2.28. The van der Waals surface area contributed by atoms with Gasteiger partial charge in [0.05, 0.1) is 21.3 Å². The van der Waals surface area contributed by atoms with E-state index in [2.05, 4.69) is 17.6 Å². The number of methoxy groups -OCH3 is 3. The number of carbonyl (C=O) groups is 2. The summed E-state index contributed by atoms with van der Waals surface area (Å²) in [5.41, 5.74) is 0.510. The standard InChI is InChI=1S/C22H34N2O5/c1-13(2)19(24-21(25)15-9-7-14(3)8-10-15)22(26)23-16-11-17(27-4)20(29-6)18(12-16)28-5/h11-15,19H,7-10H2,1-6H3,(H,23,26)(H,24,25). The Morgan fingerprint density at radius 1 is 0.966 bits per heavy atom.